The largest absolute Gasteiger partial charge is 0.497 e. The molecule has 0 unspecified atom stereocenters. The van der Waals surface area contributed by atoms with Gasteiger partial charge in [0.1, 0.15) is 17.2 Å². The summed E-state index contributed by atoms with van der Waals surface area (Å²) in [7, 11) is 1.59. The van der Waals surface area contributed by atoms with E-state index in [1.165, 1.54) is 4.90 Å². The van der Waals surface area contributed by atoms with Gasteiger partial charge in [-0.2, -0.15) is 0 Å². The van der Waals surface area contributed by atoms with E-state index in [1.54, 1.807) is 55.6 Å². The van der Waals surface area contributed by atoms with Gasteiger partial charge in [0.25, 0.3) is 11.8 Å². The molecule has 0 fully saturated rings. The fourth-order valence-electron chi connectivity index (χ4n) is 4.04. The minimum Gasteiger partial charge on any atom is -0.497 e. The Hall–Kier alpha value is -4.06. The number of hydrogen-bond donors (Lipinski definition) is 0. The molecule has 174 valence electrons. The van der Waals surface area contributed by atoms with Crippen LogP contribution in [0.2, 0.25) is 0 Å². The molecular weight excluding hydrogens is 428 g/mol. The lowest BCUT2D eigenvalue weighted by molar-refractivity contribution is -0.120. The third kappa shape index (κ3) is 4.39. The molecule has 1 heterocycles. The first-order valence-electron chi connectivity index (χ1n) is 11.3. The lowest BCUT2D eigenvalue weighted by Gasteiger charge is -2.25. The van der Waals surface area contributed by atoms with Crippen molar-refractivity contribution in [3.8, 4) is 11.5 Å². The van der Waals surface area contributed by atoms with Crippen LogP contribution in [-0.2, 0) is 9.59 Å². The Morgan fingerprint density at radius 2 is 1.44 bits per heavy atom. The number of rotatable bonds is 8. The SMILES string of the molecule is CCN(C1=C(c2ccc(OC)cc2)C(=O)N(c2ccc(OC(C)C)cc2)C1=O)c1ccccc1. The van der Waals surface area contributed by atoms with Crippen LogP contribution in [0.1, 0.15) is 26.3 Å². The molecule has 0 aliphatic carbocycles. The van der Waals surface area contributed by atoms with E-state index in [0.717, 1.165) is 5.69 Å². The monoisotopic (exact) mass is 456 g/mol. The fraction of sp³-hybridized carbons (Fsp3) is 0.214. The zero-order chi connectivity index (χ0) is 24.2. The molecule has 2 amide bonds. The highest BCUT2D eigenvalue weighted by molar-refractivity contribution is 6.46. The zero-order valence-corrected chi connectivity index (χ0v) is 19.8. The van der Waals surface area contributed by atoms with Crippen LogP contribution in [0.3, 0.4) is 0 Å². The van der Waals surface area contributed by atoms with Crippen molar-refractivity contribution >= 4 is 28.8 Å². The van der Waals surface area contributed by atoms with Gasteiger partial charge in [-0.1, -0.05) is 30.3 Å². The number of para-hydroxylation sites is 1. The maximum Gasteiger partial charge on any atom is 0.282 e. The third-order valence-electron chi connectivity index (χ3n) is 5.56. The van der Waals surface area contributed by atoms with Crippen LogP contribution in [0, 0.1) is 0 Å². The molecule has 1 aliphatic heterocycles. The number of carbonyl (C=O) groups is 2. The number of likely N-dealkylation sites (N-methyl/N-ethyl adjacent to an activating group) is 1. The van der Waals surface area contributed by atoms with Crippen molar-refractivity contribution in [2.24, 2.45) is 0 Å². The van der Waals surface area contributed by atoms with Crippen LogP contribution in [0.5, 0.6) is 11.5 Å². The number of benzene rings is 3. The Morgan fingerprint density at radius 3 is 2.00 bits per heavy atom. The predicted molar refractivity (Wildman–Crippen MR) is 134 cm³/mol. The topological polar surface area (TPSA) is 59.1 Å². The summed E-state index contributed by atoms with van der Waals surface area (Å²) in [6.07, 6.45) is 0.0276. The highest BCUT2D eigenvalue weighted by Gasteiger charge is 2.42. The number of imide groups is 1. The van der Waals surface area contributed by atoms with Crippen LogP contribution in [0.25, 0.3) is 5.57 Å². The zero-order valence-electron chi connectivity index (χ0n) is 19.8. The number of methoxy groups -OCH3 is 1. The van der Waals surface area contributed by atoms with Crippen molar-refractivity contribution < 1.29 is 19.1 Å². The first kappa shape index (κ1) is 23.1. The fourth-order valence-corrected chi connectivity index (χ4v) is 4.04. The van der Waals surface area contributed by atoms with Crippen LogP contribution in [-0.4, -0.2) is 31.6 Å². The molecule has 6 nitrogen and oxygen atoms in total. The van der Waals surface area contributed by atoms with E-state index in [2.05, 4.69) is 0 Å². The maximum atomic E-state index is 13.8. The summed E-state index contributed by atoms with van der Waals surface area (Å²) in [4.78, 5) is 30.7. The molecule has 3 aromatic rings. The molecule has 0 N–H and O–H groups in total. The second kappa shape index (κ2) is 9.83. The minimum atomic E-state index is -0.364. The summed E-state index contributed by atoms with van der Waals surface area (Å²) in [6.45, 7) is 6.38. The molecule has 0 aromatic heterocycles. The van der Waals surface area contributed by atoms with Gasteiger partial charge in [-0.25, -0.2) is 4.90 Å². The second-order valence-electron chi connectivity index (χ2n) is 8.14. The number of anilines is 2. The van der Waals surface area contributed by atoms with Crippen LogP contribution in [0.15, 0.2) is 84.6 Å². The molecular formula is C28H28N2O4. The molecule has 0 saturated carbocycles. The van der Waals surface area contributed by atoms with Crippen molar-refractivity contribution in [2.75, 3.05) is 23.5 Å². The van der Waals surface area contributed by atoms with Gasteiger partial charge in [0, 0.05) is 12.2 Å². The first-order valence-corrected chi connectivity index (χ1v) is 11.3. The Kier molecular flexibility index (Phi) is 6.68. The Morgan fingerprint density at radius 1 is 0.824 bits per heavy atom. The van der Waals surface area contributed by atoms with Gasteiger partial charge in [0.05, 0.1) is 24.5 Å². The second-order valence-corrected chi connectivity index (χ2v) is 8.14. The average molecular weight is 457 g/mol. The Labute approximate surface area is 200 Å². The standard InChI is InChI=1S/C28H28N2O4/c1-5-29(21-9-7-6-8-10-21)26-25(20-11-15-23(33-4)16-12-20)27(31)30(28(26)32)22-13-17-24(18-14-22)34-19(2)3/h6-19H,5H2,1-4H3. The van der Waals surface area contributed by atoms with Crippen molar-refractivity contribution in [1.82, 2.24) is 0 Å². The number of amides is 2. The minimum absolute atomic E-state index is 0.0276. The highest BCUT2D eigenvalue weighted by atomic mass is 16.5. The number of nitrogens with zero attached hydrogens (tertiary/aromatic N) is 2. The Balaban J connectivity index is 1.81. The quantitative estimate of drug-likeness (QED) is 0.431. The van der Waals surface area contributed by atoms with Crippen molar-refractivity contribution in [3.05, 3.63) is 90.1 Å². The van der Waals surface area contributed by atoms with Crippen molar-refractivity contribution in [3.63, 3.8) is 0 Å². The summed E-state index contributed by atoms with van der Waals surface area (Å²) < 4.78 is 11.0. The van der Waals surface area contributed by atoms with Gasteiger partial charge in [-0.15, -0.1) is 0 Å². The van der Waals surface area contributed by atoms with E-state index in [4.69, 9.17) is 9.47 Å². The van der Waals surface area contributed by atoms with Gasteiger partial charge in [0.15, 0.2) is 0 Å². The summed E-state index contributed by atoms with van der Waals surface area (Å²) in [6, 6.07) is 23.8. The van der Waals surface area contributed by atoms with Gasteiger partial charge >= 0.3 is 0 Å². The van der Waals surface area contributed by atoms with E-state index in [0.29, 0.717) is 40.6 Å². The van der Waals surface area contributed by atoms with Gasteiger partial charge < -0.3 is 14.4 Å². The molecule has 0 bridgehead atoms. The summed E-state index contributed by atoms with van der Waals surface area (Å²) >= 11 is 0. The first-order chi connectivity index (χ1) is 16.4. The summed E-state index contributed by atoms with van der Waals surface area (Å²) in [5, 5.41) is 0. The molecule has 0 saturated heterocycles. The molecule has 0 atom stereocenters. The number of carbonyl (C=O) groups excluding carboxylic acids is 2. The normalized spacial score (nSPS) is 13.6. The highest BCUT2D eigenvalue weighted by Crippen LogP contribution is 2.37. The Bertz CT molecular complexity index is 1200. The van der Waals surface area contributed by atoms with Crippen LogP contribution < -0.4 is 19.3 Å². The van der Waals surface area contributed by atoms with E-state index >= 15 is 0 Å². The van der Waals surface area contributed by atoms with Gasteiger partial charge in [-0.05, 0) is 74.9 Å². The van der Waals surface area contributed by atoms with Crippen LogP contribution >= 0.6 is 0 Å². The molecule has 3 aromatic carbocycles. The lowest BCUT2D eigenvalue weighted by atomic mass is 10.0. The summed E-state index contributed by atoms with van der Waals surface area (Å²) in [5.74, 6) is 0.632. The average Bonchev–Trinajstić information content (AvgIpc) is 3.10. The molecule has 34 heavy (non-hydrogen) atoms. The van der Waals surface area contributed by atoms with E-state index in [9.17, 15) is 9.59 Å². The molecule has 4 rings (SSSR count). The van der Waals surface area contributed by atoms with E-state index in [-0.39, 0.29) is 17.9 Å². The lowest BCUT2D eigenvalue weighted by Crippen LogP contribution is -2.35. The molecule has 1 aliphatic rings. The van der Waals surface area contributed by atoms with Gasteiger partial charge in [-0.3, -0.25) is 9.59 Å². The number of hydrogen-bond acceptors (Lipinski definition) is 5. The van der Waals surface area contributed by atoms with Crippen molar-refractivity contribution in [2.45, 2.75) is 26.9 Å². The molecule has 0 spiro atoms. The van der Waals surface area contributed by atoms with E-state index < -0.39 is 0 Å². The molecule has 6 heteroatoms. The number of ether oxygens (including phenoxy) is 2. The van der Waals surface area contributed by atoms with Gasteiger partial charge in [0.2, 0.25) is 0 Å². The maximum absolute atomic E-state index is 13.8. The van der Waals surface area contributed by atoms with Crippen molar-refractivity contribution in [1.29, 1.82) is 0 Å². The summed E-state index contributed by atoms with van der Waals surface area (Å²) in [5.41, 5.74) is 2.71. The third-order valence-corrected chi connectivity index (χ3v) is 5.56. The predicted octanol–water partition coefficient (Wildman–Crippen LogP) is 5.29. The smallest absolute Gasteiger partial charge is 0.282 e. The van der Waals surface area contributed by atoms with E-state index in [1.807, 2.05) is 56.0 Å². The van der Waals surface area contributed by atoms with Crippen LogP contribution in [0.4, 0.5) is 11.4 Å². The molecule has 0 radical (unpaired) electrons.